The maximum absolute atomic E-state index is 12.2. The zero-order valence-electron chi connectivity index (χ0n) is 14.9. The lowest BCUT2D eigenvalue weighted by atomic mass is 10.1. The summed E-state index contributed by atoms with van der Waals surface area (Å²) < 4.78 is 0. The van der Waals surface area contributed by atoms with Crippen LogP contribution in [0.25, 0.3) is 11.4 Å². The van der Waals surface area contributed by atoms with Gasteiger partial charge in [-0.05, 0) is 19.1 Å². The van der Waals surface area contributed by atoms with Crippen molar-refractivity contribution in [1.29, 1.82) is 0 Å². The normalized spacial score (nSPS) is 10.4. The molecule has 0 saturated heterocycles. The lowest BCUT2D eigenvalue weighted by Crippen LogP contribution is -2.13. The zero-order chi connectivity index (χ0) is 19.2. The Labute approximate surface area is 156 Å². The Morgan fingerprint density at radius 3 is 2.52 bits per heavy atom. The second-order valence-electron chi connectivity index (χ2n) is 6.15. The van der Waals surface area contributed by atoms with Crippen LogP contribution in [-0.4, -0.2) is 21.7 Å². The minimum absolute atomic E-state index is 0.0685. The highest BCUT2D eigenvalue weighted by molar-refractivity contribution is 6.00. The van der Waals surface area contributed by atoms with Crippen LogP contribution in [0, 0.1) is 6.92 Å². The number of anilines is 1. The van der Waals surface area contributed by atoms with Crippen molar-refractivity contribution in [1.82, 2.24) is 9.97 Å². The molecule has 0 fully saturated rings. The summed E-state index contributed by atoms with van der Waals surface area (Å²) in [7, 11) is 0. The number of benzene rings is 2. The SMILES string of the molecule is Cc1cc(=O)[nH]c(-c2cccc(NC(=O)CCC(=O)c3ccccc3)c2)n1. The second kappa shape index (κ2) is 8.23. The third-order valence-electron chi connectivity index (χ3n) is 3.96. The monoisotopic (exact) mass is 361 g/mol. The van der Waals surface area contributed by atoms with E-state index in [2.05, 4.69) is 15.3 Å². The summed E-state index contributed by atoms with van der Waals surface area (Å²) in [6, 6.07) is 17.4. The Hall–Kier alpha value is -3.54. The first-order valence-electron chi connectivity index (χ1n) is 8.58. The number of nitrogens with one attached hydrogen (secondary N) is 2. The molecule has 1 amide bonds. The average molecular weight is 361 g/mol. The number of carbonyl (C=O) groups is 2. The maximum Gasteiger partial charge on any atom is 0.251 e. The number of carbonyl (C=O) groups excluding carboxylic acids is 2. The third kappa shape index (κ3) is 4.98. The average Bonchev–Trinajstić information content (AvgIpc) is 2.66. The molecule has 0 atom stereocenters. The van der Waals surface area contributed by atoms with E-state index in [-0.39, 0.29) is 30.1 Å². The standard InChI is InChI=1S/C21H19N3O3/c1-14-12-20(27)24-21(22-14)16-8-5-9-17(13-16)23-19(26)11-10-18(25)15-6-3-2-4-7-15/h2-9,12-13H,10-11H2,1H3,(H,23,26)(H,22,24,27). The molecule has 2 aromatic carbocycles. The van der Waals surface area contributed by atoms with Gasteiger partial charge in [0.25, 0.3) is 5.56 Å². The molecule has 0 aliphatic rings. The van der Waals surface area contributed by atoms with Crippen molar-refractivity contribution in [2.75, 3.05) is 5.32 Å². The molecule has 0 saturated carbocycles. The van der Waals surface area contributed by atoms with Gasteiger partial charge in [-0.3, -0.25) is 14.4 Å². The Balaban J connectivity index is 1.64. The molecule has 2 N–H and O–H groups in total. The number of rotatable bonds is 6. The van der Waals surface area contributed by atoms with Gasteiger partial charge < -0.3 is 10.3 Å². The highest BCUT2D eigenvalue weighted by atomic mass is 16.2. The lowest BCUT2D eigenvalue weighted by Gasteiger charge is -2.08. The predicted octanol–water partition coefficient (Wildman–Crippen LogP) is 3.35. The van der Waals surface area contributed by atoms with Gasteiger partial charge in [0.1, 0.15) is 5.82 Å². The molecule has 1 heterocycles. The minimum Gasteiger partial charge on any atom is -0.326 e. The maximum atomic E-state index is 12.2. The van der Waals surface area contributed by atoms with Gasteiger partial charge in [-0.15, -0.1) is 0 Å². The number of aryl methyl sites for hydroxylation is 1. The fourth-order valence-corrected chi connectivity index (χ4v) is 2.68. The van der Waals surface area contributed by atoms with Gasteiger partial charge in [-0.2, -0.15) is 0 Å². The van der Waals surface area contributed by atoms with Crippen LogP contribution in [0.15, 0.2) is 65.5 Å². The molecule has 0 unspecified atom stereocenters. The molecule has 3 rings (SSSR count). The van der Waals surface area contributed by atoms with E-state index in [1.807, 2.05) is 6.07 Å². The van der Waals surface area contributed by atoms with Crippen molar-refractivity contribution in [2.24, 2.45) is 0 Å². The van der Waals surface area contributed by atoms with Crippen molar-refractivity contribution in [3.8, 4) is 11.4 Å². The van der Waals surface area contributed by atoms with Crippen molar-refractivity contribution in [3.05, 3.63) is 82.3 Å². The quantitative estimate of drug-likeness (QED) is 0.659. The fraction of sp³-hybridized carbons (Fsp3) is 0.143. The Bertz CT molecular complexity index is 1030. The smallest absolute Gasteiger partial charge is 0.251 e. The van der Waals surface area contributed by atoms with E-state index in [0.717, 1.165) is 0 Å². The van der Waals surface area contributed by atoms with E-state index in [0.29, 0.717) is 28.3 Å². The van der Waals surface area contributed by atoms with Gasteiger partial charge in [-0.25, -0.2) is 4.98 Å². The molecular weight excluding hydrogens is 342 g/mol. The van der Waals surface area contributed by atoms with Gasteiger partial charge in [0, 0.05) is 41.4 Å². The topological polar surface area (TPSA) is 91.9 Å². The first kappa shape index (κ1) is 18.3. The number of aromatic nitrogens is 2. The predicted molar refractivity (Wildman–Crippen MR) is 104 cm³/mol. The summed E-state index contributed by atoms with van der Waals surface area (Å²) in [5.74, 6) is 0.124. The Kier molecular flexibility index (Phi) is 5.56. The van der Waals surface area contributed by atoms with Gasteiger partial charge >= 0.3 is 0 Å². The molecule has 0 radical (unpaired) electrons. The van der Waals surface area contributed by atoms with Crippen molar-refractivity contribution < 1.29 is 9.59 Å². The first-order chi connectivity index (χ1) is 13.0. The summed E-state index contributed by atoms with van der Waals surface area (Å²) in [5, 5.41) is 2.78. The van der Waals surface area contributed by atoms with Gasteiger partial charge in [0.05, 0.1) is 0 Å². The third-order valence-corrected chi connectivity index (χ3v) is 3.96. The molecule has 27 heavy (non-hydrogen) atoms. The van der Waals surface area contributed by atoms with Gasteiger partial charge in [-0.1, -0.05) is 42.5 Å². The molecule has 0 aliphatic heterocycles. The lowest BCUT2D eigenvalue weighted by molar-refractivity contribution is -0.116. The van der Waals surface area contributed by atoms with Crippen molar-refractivity contribution >= 4 is 17.4 Å². The number of nitrogens with zero attached hydrogens (tertiary/aromatic N) is 1. The number of ketones is 1. The largest absolute Gasteiger partial charge is 0.326 e. The Morgan fingerprint density at radius 2 is 1.78 bits per heavy atom. The second-order valence-corrected chi connectivity index (χ2v) is 6.15. The highest BCUT2D eigenvalue weighted by Crippen LogP contribution is 2.19. The van der Waals surface area contributed by atoms with E-state index in [9.17, 15) is 14.4 Å². The summed E-state index contributed by atoms with van der Waals surface area (Å²) >= 11 is 0. The number of hydrogen-bond donors (Lipinski definition) is 2. The first-order valence-corrected chi connectivity index (χ1v) is 8.58. The molecule has 0 bridgehead atoms. The van der Waals surface area contributed by atoms with Crippen LogP contribution in [0.4, 0.5) is 5.69 Å². The zero-order valence-corrected chi connectivity index (χ0v) is 14.9. The van der Waals surface area contributed by atoms with E-state index in [1.54, 1.807) is 55.5 Å². The number of Topliss-reactive ketones (excluding diaryl/α,β-unsaturated/α-hetero) is 1. The molecule has 0 aliphatic carbocycles. The summed E-state index contributed by atoms with van der Waals surface area (Å²) in [6.45, 7) is 1.74. The number of amides is 1. The van der Waals surface area contributed by atoms with E-state index in [4.69, 9.17) is 0 Å². The van der Waals surface area contributed by atoms with E-state index >= 15 is 0 Å². The van der Waals surface area contributed by atoms with Crippen LogP contribution in [0.2, 0.25) is 0 Å². The summed E-state index contributed by atoms with van der Waals surface area (Å²) in [4.78, 5) is 42.8. The number of hydrogen-bond acceptors (Lipinski definition) is 4. The van der Waals surface area contributed by atoms with Gasteiger partial charge in [0.15, 0.2) is 5.78 Å². The molecule has 6 nitrogen and oxygen atoms in total. The molecule has 1 aromatic heterocycles. The molecule has 3 aromatic rings. The minimum atomic E-state index is -0.248. The van der Waals surface area contributed by atoms with Crippen LogP contribution in [0.5, 0.6) is 0 Å². The summed E-state index contributed by atoms with van der Waals surface area (Å²) in [5.41, 5.74) is 2.25. The van der Waals surface area contributed by atoms with E-state index in [1.165, 1.54) is 6.07 Å². The van der Waals surface area contributed by atoms with Crippen LogP contribution in [0.3, 0.4) is 0 Å². The molecule has 0 spiro atoms. The molecule has 6 heteroatoms. The fourth-order valence-electron chi connectivity index (χ4n) is 2.68. The molecule has 136 valence electrons. The van der Waals surface area contributed by atoms with E-state index < -0.39 is 0 Å². The van der Waals surface area contributed by atoms with Crippen LogP contribution < -0.4 is 10.9 Å². The van der Waals surface area contributed by atoms with Crippen molar-refractivity contribution in [3.63, 3.8) is 0 Å². The number of aromatic amines is 1. The number of H-pyrrole nitrogens is 1. The van der Waals surface area contributed by atoms with Gasteiger partial charge in [0.2, 0.25) is 5.91 Å². The van der Waals surface area contributed by atoms with Crippen LogP contribution in [-0.2, 0) is 4.79 Å². The molecular formula is C21H19N3O3. The van der Waals surface area contributed by atoms with Crippen LogP contribution >= 0.6 is 0 Å². The summed E-state index contributed by atoms with van der Waals surface area (Å²) in [6.07, 6.45) is 0.236. The highest BCUT2D eigenvalue weighted by Gasteiger charge is 2.10. The Morgan fingerprint density at radius 1 is 1.00 bits per heavy atom. The van der Waals surface area contributed by atoms with Crippen LogP contribution in [0.1, 0.15) is 28.9 Å². The van der Waals surface area contributed by atoms with Crippen molar-refractivity contribution in [2.45, 2.75) is 19.8 Å².